The number of hydrogen-bond acceptors (Lipinski definition) is 6. The van der Waals surface area contributed by atoms with Gasteiger partial charge in [0.05, 0.1) is 25.4 Å². The smallest absolute Gasteiger partial charge is 0.257 e. The number of hydrogen-bond donors (Lipinski definition) is 1. The lowest BCUT2D eigenvalue weighted by atomic mass is 10.0. The quantitative estimate of drug-likeness (QED) is 0.716. The number of benzene rings is 2. The van der Waals surface area contributed by atoms with Crippen LogP contribution in [0.15, 0.2) is 42.5 Å². The van der Waals surface area contributed by atoms with E-state index in [1.807, 2.05) is 42.5 Å². The average Bonchev–Trinajstić information content (AvgIpc) is 3.30. The SMILES string of the molecule is COCCN1C(=O)c2ccccc2NC1c1ccc(OCC2CCCO2)c(OC)c1. The topological polar surface area (TPSA) is 69.3 Å². The summed E-state index contributed by atoms with van der Waals surface area (Å²) in [5.74, 6) is 1.28. The number of carbonyl (C=O) groups is 1. The van der Waals surface area contributed by atoms with Gasteiger partial charge in [-0.05, 0) is 42.7 Å². The van der Waals surface area contributed by atoms with Gasteiger partial charge in [-0.1, -0.05) is 18.2 Å². The number of anilines is 1. The maximum Gasteiger partial charge on any atom is 0.257 e. The van der Waals surface area contributed by atoms with Gasteiger partial charge in [0, 0.05) is 25.9 Å². The molecule has 0 aromatic heterocycles. The van der Waals surface area contributed by atoms with Gasteiger partial charge in [0.1, 0.15) is 12.8 Å². The summed E-state index contributed by atoms with van der Waals surface area (Å²) < 4.78 is 22.4. The molecule has 2 heterocycles. The number of ether oxygens (including phenoxy) is 4. The Morgan fingerprint density at radius 1 is 1.17 bits per heavy atom. The summed E-state index contributed by atoms with van der Waals surface area (Å²) in [6, 6.07) is 13.3. The van der Waals surface area contributed by atoms with E-state index in [9.17, 15) is 4.79 Å². The Balaban J connectivity index is 1.59. The van der Waals surface area contributed by atoms with Crippen molar-refractivity contribution >= 4 is 11.6 Å². The van der Waals surface area contributed by atoms with Crippen molar-refractivity contribution in [3.8, 4) is 11.5 Å². The molecular formula is C23H28N2O5. The Morgan fingerprint density at radius 2 is 2.03 bits per heavy atom. The predicted octanol–water partition coefficient (Wildman–Crippen LogP) is 3.47. The third kappa shape index (κ3) is 4.22. The van der Waals surface area contributed by atoms with E-state index < -0.39 is 0 Å². The lowest BCUT2D eigenvalue weighted by molar-refractivity contribution is 0.0608. The van der Waals surface area contributed by atoms with Crippen LogP contribution in [0.1, 0.15) is 34.9 Å². The first-order chi connectivity index (χ1) is 14.7. The van der Waals surface area contributed by atoms with Crippen LogP contribution in [0.5, 0.6) is 11.5 Å². The van der Waals surface area contributed by atoms with Crippen LogP contribution in [0.4, 0.5) is 5.69 Å². The molecule has 1 saturated heterocycles. The molecule has 0 spiro atoms. The molecule has 7 heteroatoms. The Bertz CT molecular complexity index is 882. The van der Waals surface area contributed by atoms with E-state index in [2.05, 4.69) is 5.32 Å². The standard InChI is InChI=1S/C23H28N2O5/c1-27-13-11-25-22(24-19-8-4-3-7-18(19)23(25)26)16-9-10-20(21(14-16)28-2)30-15-17-6-5-12-29-17/h3-4,7-10,14,17,22,24H,5-6,11-13,15H2,1-2H3. The molecule has 0 aliphatic carbocycles. The van der Waals surface area contributed by atoms with Crippen LogP contribution < -0.4 is 14.8 Å². The number of fused-ring (bicyclic) bond motifs is 1. The van der Waals surface area contributed by atoms with E-state index in [1.165, 1.54) is 0 Å². The Morgan fingerprint density at radius 3 is 2.80 bits per heavy atom. The van der Waals surface area contributed by atoms with Crippen LogP contribution in [0.3, 0.4) is 0 Å². The van der Waals surface area contributed by atoms with Gasteiger partial charge < -0.3 is 29.2 Å². The van der Waals surface area contributed by atoms with Gasteiger partial charge in [0.2, 0.25) is 0 Å². The molecule has 2 aromatic carbocycles. The van der Waals surface area contributed by atoms with Gasteiger partial charge in [0.15, 0.2) is 11.5 Å². The second-order valence-corrected chi connectivity index (χ2v) is 7.44. The highest BCUT2D eigenvalue weighted by Crippen LogP contribution is 2.37. The molecule has 1 fully saturated rings. The van der Waals surface area contributed by atoms with Crippen LogP contribution in [0, 0.1) is 0 Å². The van der Waals surface area contributed by atoms with Gasteiger partial charge in [-0.2, -0.15) is 0 Å². The van der Waals surface area contributed by atoms with Crippen LogP contribution in [-0.4, -0.2) is 57.5 Å². The average molecular weight is 412 g/mol. The van der Waals surface area contributed by atoms with E-state index in [-0.39, 0.29) is 18.2 Å². The van der Waals surface area contributed by atoms with Crippen LogP contribution in [0.2, 0.25) is 0 Å². The number of nitrogens with zero attached hydrogens (tertiary/aromatic N) is 1. The Kier molecular flexibility index (Phi) is 6.40. The number of para-hydroxylation sites is 1. The molecule has 7 nitrogen and oxygen atoms in total. The molecule has 2 aliphatic rings. The Hall–Kier alpha value is -2.77. The molecule has 1 amide bonds. The van der Waals surface area contributed by atoms with Crippen molar-refractivity contribution in [3.05, 3.63) is 53.6 Å². The summed E-state index contributed by atoms with van der Waals surface area (Å²) in [4.78, 5) is 14.9. The van der Waals surface area contributed by atoms with Gasteiger partial charge in [-0.3, -0.25) is 4.79 Å². The van der Waals surface area contributed by atoms with Crippen molar-refractivity contribution in [2.45, 2.75) is 25.1 Å². The lowest BCUT2D eigenvalue weighted by Crippen LogP contribution is -2.44. The maximum atomic E-state index is 13.1. The summed E-state index contributed by atoms with van der Waals surface area (Å²) >= 11 is 0. The highest BCUT2D eigenvalue weighted by atomic mass is 16.5. The number of carbonyl (C=O) groups excluding carboxylic acids is 1. The minimum Gasteiger partial charge on any atom is -0.493 e. The highest BCUT2D eigenvalue weighted by molar-refractivity contribution is 6.01. The second kappa shape index (κ2) is 9.36. The van der Waals surface area contributed by atoms with Gasteiger partial charge in [0.25, 0.3) is 5.91 Å². The van der Waals surface area contributed by atoms with Gasteiger partial charge in [-0.15, -0.1) is 0 Å². The molecule has 0 bridgehead atoms. The van der Waals surface area contributed by atoms with Gasteiger partial charge in [-0.25, -0.2) is 0 Å². The van der Waals surface area contributed by atoms with E-state index in [1.54, 1.807) is 19.1 Å². The zero-order chi connectivity index (χ0) is 20.9. The van der Waals surface area contributed by atoms with Crippen molar-refractivity contribution in [1.82, 2.24) is 4.90 Å². The minimum absolute atomic E-state index is 0.0240. The molecule has 2 atom stereocenters. The third-order valence-electron chi connectivity index (χ3n) is 5.51. The summed E-state index contributed by atoms with van der Waals surface area (Å²) in [5.41, 5.74) is 2.39. The van der Waals surface area contributed by atoms with Crippen molar-refractivity contribution in [3.63, 3.8) is 0 Å². The summed E-state index contributed by atoms with van der Waals surface area (Å²) in [7, 11) is 3.25. The third-order valence-corrected chi connectivity index (χ3v) is 5.51. The first-order valence-electron chi connectivity index (χ1n) is 10.3. The molecule has 0 saturated carbocycles. The molecule has 160 valence electrons. The molecule has 2 unspecified atom stereocenters. The highest BCUT2D eigenvalue weighted by Gasteiger charge is 2.33. The molecule has 4 rings (SSSR count). The number of methoxy groups -OCH3 is 2. The number of amides is 1. The zero-order valence-electron chi connectivity index (χ0n) is 17.4. The number of rotatable bonds is 8. The van der Waals surface area contributed by atoms with E-state index in [0.29, 0.717) is 36.8 Å². The lowest BCUT2D eigenvalue weighted by Gasteiger charge is -2.38. The van der Waals surface area contributed by atoms with Crippen molar-refractivity contribution in [2.24, 2.45) is 0 Å². The first kappa shape index (κ1) is 20.5. The summed E-state index contributed by atoms with van der Waals surface area (Å²) in [6.07, 6.45) is 1.89. The largest absolute Gasteiger partial charge is 0.493 e. The van der Waals surface area contributed by atoms with Crippen molar-refractivity contribution < 1.29 is 23.7 Å². The zero-order valence-corrected chi connectivity index (χ0v) is 17.4. The van der Waals surface area contributed by atoms with Crippen LogP contribution >= 0.6 is 0 Å². The predicted molar refractivity (Wildman–Crippen MR) is 113 cm³/mol. The fourth-order valence-electron chi connectivity index (χ4n) is 3.91. The normalized spacial score (nSPS) is 20.6. The molecule has 2 aromatic rings. The summed E-state index contributed by atoms with van der Waals surface area (Å²) in [6.45, 7) is 2.22. The van der Waals surface area contributed by atoms with Crippen LogP contribution in [0.25, 0.3) is 0 Å². The molecular weight excluding hydrogens is 384 g/mol. The molecule has 30 heavy (non-hydrogen) atoms. The van der Waals surface area contributed by atoms with E-state index >= 15 is 0 Å². The Labute approximate surface area is 176 Å². The minimum atomic E-state index is -0.330. The van der Waals surface area contributed by atoms with Crippen molar-refractivity contribution in [1.29, 1.82) is 0 Å². The molecule has 0 radical (unpaired) electrons. The van der Waals surface area contributed by atoms with Crippen molar-refractivity contribution in [2.75, 3.05) is 45.9 Å². The maximum absolute atomic E-state index is 13.1. The number of nitrogens with one attached hydrogen (secondary N) is 1. The molecule has 1 N–H and O–H groups in total. The fourth-order valence-corrected chi connectivity index (χ4v) is 3.91. The van der Waals surface area contributed by atoms with E-state index in [4.69, 9.17) is 18.9 Å². The second-order valence-electron chi connectivity index (χ2n) is 7.44. The summed E-state index contributed by atoms with van der Waals surface area (Å²) in [5, 5.41) is 3.48. The van der Waals surface area contributed by atoms with E-state index in [0.717, 1.165) is 30.7 Å². The van der Waals surface area contributed by atoms with Gasteiger partial charge >= 0.3 is 0 Å². The van der Waals surface area contributed by atoms with Crippen LogP contribution in [-0.2, 0) is 9.47 Å². The molecule has 2 aliphatic heterocycles. The fraction of sp³-hybridized carbons (Fsp3) is 0.435. The first-order valence-corrected chi connectivity index (χ1v) is 10.3. The monoisotopic (exact) mass is 412 g/mol.